The van der Waals surface area contributed by atoms with Crippen LogP contribution in [0.1, 0.15) is 10.5 Å². The van der Waals surface area contributed by atoms with E-state index in [1.165, 1.54) is 18.4 Å². The molecule has 2 rings (SSSR count). The minimum absolute atomic E-state index is 0.254. The lowest BCUT2D eigenvalue weighted by atomic mass is 10.3. The Bertz CT molecular complexity index is 528. The summed E-state index contributed by atoms with van der Waals surface area (Å²) < 4.78 is 5.06. The second-order valence-electron chi connectivity index (χ2n) is 3.18. The average Bonchev–Trinajstić information content (AvgIpc) is 2.85. The van der Waals surface area contributed by atoms with E-state index in [0.717, 1.165) is 0 Å². The fraction of sp³-hybridized carbons (Fsp3) is 0.0909. The predicted molar refractivity (Wildman–Crippen MR) is 68.1 cm³/mol. The molecule has 4 nitrogen and oxygen atoms in total. The Morgan fingerprint density at radius 1 is 1.53 bits per heavy atom. The van der Waals surface area contributed by atoms with Crippen LogP contribution in [0.15, 0.2) is 29.1 Å². The van der Waals surface area contributed by atoms with Crippen LogP contribution in [0.3, 0.4) is 0 Å². The molecule has 0 fully saturated rings. The normalized spacial score (nSPS) is 10.0. The minimum atomic E-state index is -0.254. The summed E-state index contributed by atoms with van der Waals surface area (Å²) in [4.78, 5) is 15.6. The van der Waals surface area contributed by atoms with Crippen LogP contribution in [0.4, 0.5) is 5.69 Å². The molecule has 0 saturated carbocycles. The molecular formula is C11H9ClN2O2S. The van der Waals surface area contributed by atoms with E-state index in [1.54, 1.807) is 29.1 Å². The van der Waals surface area contributed by atoms with Crippen LogP contribution in [-0.2, 0) is 0 Å². The molecule has 6 heteroatoms. The van der Waals surface area contributed by atoms with Gasteiger partial charge >= 0.3 is 0 Å². The molecule has 0 saturated heterocycles. The number of aromatic nitrogens is 1. The van der Waals surface area contributed by atoms with Crippen molar-refractivity contribution in [3.05, 3.63) is 39.8 Å². The highest BCUT2D eigenvalue weighted by Crippen LogP contribution is 2.27. The summed E-state index contributed by atoms with van der Waals surface area (Å²) >= 11 is 7.25. The van der Waals surface area contributed by atoms with Gasteiger partial charge in [-0.05, 0) is 12.1 Å². The number of carbonyl (C=O) groups excluding carboxylic acids is 1. The van der Waals surface area contributed by atoms with Crippen LogP contribution in [0.2, 0.25) is 5.02 Å². The molecule has 1 N–H and O–H groups in total. The van der Waals surface area contributed by atoms with Crippen molar-refractivity contribution in [1.82, 2.24) is 4.98 Å². The summed E-state index contributed by atoms with van der Waals surface area (Å²) in [5.74, 6) is 0.262. The first-order valence-corrected chi connectivity index (χ1v) is 6.06. The number of nitrogens with one attached hydrogen (secondary N) is 1. The molecule has 1 heterocycles. The second kappa shape index (κ2) is 5.16. The fourth-order valence-corrected chi connectivity index (χ4v) is 1.98. The molecule has 2 aromatic rings. The molecule has 88 valence electrons. The van der Waals surface area contributed by atoms with Gasteiger partial charge in [0.05, 0.1) is 17.6 Å². The number of benzene rings is 1. The molecule has 0 spiro atoms. The summed E-state index contributed by atoms with van der Waals surface area (Å²) in [7, 11) is 1.52. The van der Waals surface area contributed by atoms with Gasteiger partial charge in [-0.15, -0.1) is 11.3 Å². The highest BCUT2D eigenvalue weighted by molar-refractivity contribution is 7.07. The number of rotatable bonds is 3. The maximum atomic E-state index is 11.7. The molecule has 17 heavy (non-hydrogen) atoms. The number of carbonyl (C=O) groups is 1. The van der Waals surface area contributed by atoms with Crippen LogP contribution in [-0.4, -0.2) is 18.0 Å². The van der Waals surface area contributed by atoms with Gasteiger partial charge < -0.3 is 10.1 Å². The number of anilines is 1. The van der Waals surface area contributed by atoms with Gasteiger partial charge in [-0.25, -0.2) is 4.98 Å². The number of ether oxygens (including phenoxy) is 1. The van der Waals surface area contributed by atoms with E-state index in [0.29, 0.717) is 22.2 Å². The third kappa shape index (κ3) is 2.75. The van der Waals surface area contributed by atoms with Gasteiger partial charge in [0.15, 0.2) is 0 Å². The molecule has 1 amide bonds. The van der Waals surface area contributed by atoms with E-state index >= 15 is 0 Å². The number of hydrogen-bond acceptors (Lipinski definition) is 4. The summed E-state index contributed by atoms with van der Waals surface area (Å²) in [5.41, 5.74) is 2.62. The first-order chi connectivity index (χ1) is 8.20. The van der Waals surface area contributed by atoms with Crippen molar-refractivity contribution in [3.63, 3.8) is 0 Å². The molecule has 0 bridgehead atoms. The van der Waals surface area contributed by atoms with E-state index in [1.807, 2.05) is 0 Å². The lowest BCUT2D eigenvalue weighted by Gasteiger charge is -2.07. The molecule has 0 aliphatic rings. The zero-order valence-corrected chi connectivity index (χ0v) is 10.5. The number of methoxy groups -OCH3 is 1. The van der Waals surface area contributed by atoms with E-state index in [9.17, 15) is 4.79 Å². The van der Waals surface area contributed by atoms with E-state index < -0.39 is 0 Å². The first-order valence-electron chi connectivity index (χ1n) is 4.74. The zero-order chi connectivity index (χ0) is 12.3. The largest absolute Gasteiger partial charge is 0.495 e. The Balaban J connectivity index is 2.16. The van der Waals surface area contributed by atoms with Gasteiger partial charge in [-0.2, -0.15) is 0 Å². The summed E-state index contributed by atoms with van der Waals surface area (Å²) in [6.45, 7) is 0. The number of hydrogen-bond donors (Lipinski definition) is 1. The van der Waals surface area contributed by atoms with Crippen molar-refractivity contribution in [1.29, 1.82) is 0 Å². The van der Waals surface area contributed by atoms with Crippen molar-refractivity contribution in [2.45, 2.75) is 0 Å². The average molecular weight is 269 g/mol. The van der Waals surface area contributed by atoms with Crippen molar-refractivity contribution in [2.24, 2.45) is 0 Å². The van der Waals surface area contributed by atoms with Crippen molar-refractivity contribution in [2.75, 3.05) is 12.4 Å². The standard InChI is InChI=1S/C11H9ClN2O2S/c1-16-10-4-7(2-3-8(10)12)14-11(15)9-5-17-6-13-9/h2-6H,1H3,(H,14,15). The van der Waals surface area contributed by atoms with Crippen molar-refractivity contribution >= 4 is 34.5 Å². The van der Waals surface area contributed by atoms with E-state index in [2.05, 4.69) is 10.3 Å². The SMILES string of the molecule is COc1cc(NC(=O)c2cscn2)ccc1Cl. The summed E-state index contributed by atoms with van der Waals surface area (Å²) in [5, 5.41) is 4.90. The Kier molecular flexibility index (Phi) is 3.61. The molecule has 1 aromatic heterocycles. The minimum Gasteiger partial charge on any atom is -0.495 e. The quantitative estimate of drug-likeness (QED) is 0.931. The Morgan fingerprint density at radius 2 is 2.35 bits per heavy atom. The predicted octanol–water partition coefficient (Wildman–Crippen LogP) is 3.06. The van der Waals surface area contributed by atoms with E-state index in [-0.39, 0.29) is 5.91 Å². The van der Waals surface area contributed by atoms with Gasteiger partial charge in [-0.1, -0.05) is 11.6 Å². The Labute approximate surface area is 107 Å². The molecular weight excluding hydrogens is 260 g/mol. The van der Waals surface area contributed by atoms with Crippen LogP contribution in [0, 0.1) is 0 Å². The first kappa shape index (κ1) is 11.9. The van der Waals surface area contributed by atoms with Crippen molar-refractivity contribution in [3.8, 4) is 5.75 Å². The number of halogens is 1. The second-order valence-corrected chi connectivity index (χ2v) is 4.30. The molecule has 0 radical (unpaired) electrons. The third-order valence-corrected chi connectivity index (χ3v) is 2.97. The van der Waals surface area contributed by atoms with Gasteiger partial charge in [0.2, 0.25) is 0 Å². The maximum Gasteiger partial charge on any atom is 0.275 e. The monoisotopic (exact) mass is 268 g/mol. The van der Waals surface area contributed by atoms with Crippen LogP contribution in [0.5, 0.6) is 5.75 Å². The molecule has 0 aliphatic carbocycles. The maximum absolute atomic E-state index is 11.7. The fourth-order valence-electron chi connectivity index (χ4n) is 1.26. The zero-order valence-electron chi connectivity index (χ0n) is 8.94. The summed E-state index contributed by atoms with van der Waals surface area (Å²) in [6, 6.07) is 5.03. The molecule has 1 aromatic carbocycles. The Morgan fingerprint density at radius 3 is 3.00 bits per heavy atom. The van der Waals surface area contributed by atoms with Crippen LogP contribution >= 0.6 is 22.9 Å². The molecule has 0 unspecified atom stereocenters. The van der Waals surface area contributed by atoms with Gasteiger partial charge in [0.25, 0.3) is 5.91 Å². The molecule has 0 aliphatic heterocycles. The highest BCUT2D eigenvalue weighted by Gasteiger charge is 2.09. The molecule has 0 atom stereocenters. The van der Waals surface area contributed by atoms with E-state index in [4.69, 9.17) is 16.3 Å². The summed E-state index contributed by atoms with van der Waals surface area (Å²) in [6.07, 6.45) is 0. The smallest absolute Gasteiger partial charge is 0.275 e. The lowest BCUT2D eigenvalue weighted by Crippen LogP contribution is -2.12. The van der Waals surface area contributed by atoms with Crippen LogP contribution in [0.25, 0.3) is 0 Å². The van der Waals surface area contributed by atoms with Gasteiger partial charge in [0.1, 0.15) is 11.4 Å². The Hall–Kier alpha value is -1.59. The lowest BCUT2D eigenvalue weighted by molar-refractivity contribution is 0.102. The van der Waals surface area contributed by atoms with Gasteiger partial charge in [-0.3, -0.25) is 4.79 Å². The van der Waals surface area contributed by atoms with Gasteiger partial charge in [0, 0.05) is 17.1 Å². The number of thiazole rings is 1. The number of nitrogens with zero attached hydrogens (tertiary/aromatic N) is 1. The van der Waals surface area contributed by atoms with Crippen LogP contribution < -0.4 is 10.1 Å². The highest BCUT2D eigenvalue weighted by atomic mass is 35.5. The topological polar surface area (TPSA) is 51.2 Å². The third-order valence-electron chi connectivity index (χ3n) is 2.07. The van der Waals surface area contributed by atoms with Crippen molar-refractivity contribution < 1.29 is 9.53 Å². The number of amides is 1.